The molecule has 0 saturated heterocycles. The summed E-state index contributed by atoms with van der Waals surface area (Å²) in [6.07, 6.45) is 0. The molecule has 5 nitrogen and oxygen atoms in total. The van der Waals surface area contributed by atoms with Gasteiger partial charge in [0.25, 0.3) is 0 Å². The molecule has 0 unspecified atom stereocenters. The van der Waals surface area contributed by atoms with Crippen LogP contribution in [0.25, 0.3) is 0 Å². The highest BCUT2D eigenvalue weighted by Gasteiger charge is 2.14. The van der Waals surface area contributed by atoms with Crippen LogP contribution in [-0.2, 0) is 6.54 Å². The molecular weight excluding hydrogens is 286 g/mol. The van der Waals surface area contributed by atoms with Crippen molar-refractivity contribution in [2.24, 2.45) is 0 Å². The van der Waals surface area contributed by atoms with Crippen molar-refractivity contribution in [2.75, 3.05) is 11.9 Å². The summed E-state index contributed by atoms with van der Waals surface area (Å²) in [4.78, 5) is 21.2. The van der Waals surface area contributed by atoms with Crippen molar-refractivity contribution in [1.82, 2.24) is 9.97 Å². The molecule has 0 radical (unpaired) electrons. The number of carbonyl (C=O) groups is 1. The Morgan fingerprint density at radius 2 is 2.21 bits per heavy atom. The smallest absolute Gasteiger partial charge is 0.356 e. The number of halogens is 1. The van der Waals surface area contributed by atoms with Gasteiger partial charge in [0.15, 0.2) is 5.69 Å². The summed E-state index contributed by atoms with van der Waals surface area (Å²) in [5.74, 6) is -0.586. The van der Waals surface area contributed by atoms with Gasteiger partial charge in [-0.3, -0.25) is 0 Å². The highest BCUT2D eigenvalue weighted by Crippen LogP contribution is 2.20. The van der Waals surface area contributed by atoms with E-state index in [2.05, 4.69) is 9.97 Å². The van der Waals surface area contributed by atoms with E-state index < -0.39 is 5.97 Å². The number of carboxylic acid groups (broad SMARTS) is 1. The molecule has 0 aliphatic rings. The Balaban J connectivity index is 2.21. The molecule has 0 fully saturated rings. The van der Waals surface area contributed by atoms with Crippen molar-refractivity contribution >= 4 is 34.7 Å². The molecule has 2 aromatic rings. The van der Waals surface area contributed by atoms with E-state index in [0.29, 0.717) is 12.4 Å². The fraction of sp³-hybridized carbons (Fsp3) is 0.250. The molecule has 0 bridgehead atoms. The summed E-state index contributed by atoms with van der Waals surface area (Å²) in [6.45, 7) is 2.51. The van der Waals surface area contributed by atoms with E-state index in [1.807, 2.05) is 24.3 Å². The summed E-state index contributed by atoms with van der Waals surface area (Å²) in [5, 5.41) is 12.1. The Labute approximate surface area is 119 Å². The molecule has 0 spiro atoms. The first-order valence-electron chi connectivity index (χ1n) is 5.49. The van der Waals surface area contributed by atoms with Gasteiger partial charge in [-0.1, -0.05) is 11.6 Å². The van der Waals surface area contributed by atoms with E-state index in [9.17, 15) is 4.79 Å². The number of aromatic carboxylic acids is 1. The quantitative estimate of drug-likeness (QED) is 0.940. The lowest BCUT2D eigenvalue weighted by Crippen LogP contribution is -2.19. The second kappa shape index (κ2) is 5.54. The minimum atomic E-state index is -1.13. The Morgan fingerprint density at radius 1 is 1.47 bits per heavy atom. The Morgan fingerprint density at radius 3 is 2.79 bits per heavy atom. The minimum Gasteiger partial charge on any atom is -0.476 e. The lowest BCUT2D eigenvalue weighted by Gasteiger charge is -2.17. The topological polar surface area (TPSA) is 66.3 Å². The van der Waals surface area contributed by atoms with Crippen LogP contribution in [0.4, 0.5) is 5.82 Å². The maximum absolute atomic E-state index is 11.0. The number of anilines is 1. The van der Waals surface area contributed by atoms with Crippen molar-refractivity contribution < 1.29 is 9.90 Å². The molecule has 2 aromatic heterocycles. The lowest BCUT2D eigenvalue weighted by molar-refractivity contribution is 0.0691. The van der Waals surface area contributed by atoms with Crippen LogP contribution in [0.1, 0.15) is 21.2 Å². The average Bonchev–Trinajstić information content (AvgIpc) is 2.74. The predicted octanol–water partition coefficient (Wildman–Crippen LogP) is 2.83. The van der Waals surface area contributed by atoms with Crippen LogP contribution in [0.5, 0.6) is 0 Å². The van der Waals surface area contributed by atoms with Gasteiger partial charge in [0.05, 0.1) is 22.3 Å². The molecule has 0 atom stereocenters. The molecule has 0 aromatic carbocycles. The first kappa shape index (κ1) is 13.8. The van der Waals surface area contributed by atoms with Gasteiger partial charge >= 0.3 is 5.97 Å². The van der Waals surface area contributed by atoms with Crippen molar-refractivity contribution in [3.05, 3.63) is 38.9 Å². The number of pyridine rings is 1. The first-order valence-corrected chi connectivity index (χ1v) is 6.75. The molecule has 1 N–H and O–H groups in total. The number of thiazole rings is 1. The van der Waals surface area contributed by atoms with E-state index >= 15 is 0 Å². The fourth-order valence-corrected chi connectivity index (χ4v) is 2.39. The maximum atomic E-state index is 11.0. The number of hydrogen-bond acceptors (Lipinski definition) is 5. The minimum absolute atomic E-state index is 0.133. The summed E-state index contributed by atoms with van der Waals surface area (Å²) >= 11 is 7.37. The van der Waals surface area contributed by atoms with Crippen molar-refractivity contribution in [3.63, 3.8) is 0 Å². The van der Waals surface area contributed by atoms with Crippen molar-refractivity contribution in [3.8, 4) is 0 Å². The maximum Gasteiger partial charge on any atom is 0.356 e. The van der Waals surface area contributed by atoms with Crippen molar-refractivity contribution in [2.45, 2.75) is 13.5 Å². The summed E-state index contributed by atoms with van der Waals surface area (Å²) < 4.78 is 0. The number of nitrogens with zero attached hydrogens (tertiary/aromatic N) is 3. The monoisotopic (exact) mass is 297 g/mol. The third-order valence-electron chi connectivity index (χ3n) is 2.49. The van der Waals surface area contributed by atoms with Gasteiger partial charge in [0, 0.05) is 12.4 Å². The molecule has 0 aliphatic carbocycles. The van der Waals surface area contributed by atoms with Crippen LogP contribution >= 0.6 is 22.9 Å². The molecule has 7 heteroatoms. The van der Waals surface area contributed by atoms with Gasteiger partial charge < -0.3 is 10.0 Å². The van der Waals surface area contributed by atoms with E-state index in [1.54, 1.807) is 17.4 Å². The van der Waals surface area contributed by atoms with Gasteiger partial charge in [0.2, 0.25) is 0 Å². The third kappa shape index (κ3) is 3.21. The molecule has 0 saturated carbocycles. The highest BCUT2D eigenvalue weighted by molar-refractivity contribution is 7.09. The van der Waals surface area contributed by atoms with Crippen LogP contribution in [-0.4, -0.2) is 28.1 Å². The van der Waals surface area contributed by atoms with Gasteiger partial charge in [-0.25, -0.2) is 14.8 Å². The zero-order valence-corrected chi connectivity index (χ0v) is 12.0. The Hall–Kier alpha value is -1.66. The molecule has 0 amide bonds. The van der Waals surface area contributed by atoms with Gasteiger partial charge in [-0.15, -0.1) is 11.3 Å². The SMILES string of the molecule is Cc1nc(CN(C)c2ccc(Cl)c(C(=O)O)n2)cs1. The number of aryl methyl sites for hydroxylation is 1. The average molecular weight is 298 g/mol. The second-order valence-electron chi connectivity index (χ2n) is 4.02. The largest absolute Gasteiger partial charge is 0.476 e. The van der Waals surface area contributed by atoms with E-state index in [4.69, 9.17) is 16.7 Å². The summed E-state index contributed by atoms with van der Waals surface area (Å²) in [5.41, 5.74) is 0.791. The van der Waals surface area contributed by atoms with E-state index in [1.165, 1.54) is 6.07 Å². The summed E-state index contributed by atoms with van der Waals surface area (Å²) in [7, 11) is 1.83. The standard InChI is InChI=1S/C12H12ClN3O2S/c1-7-14-8(6-19-7)5-16(2)10-4-3-9(13)11(15-10)12(17)18/h3-4,6H,5H2,1-2H3,(H,17,18). The molecule has 19 heavy (non-hydrogen) atoms. The predicted molar refractivity (Wildman–Crippen MR) is 75.2 cm³/mol. The van der Waals surface area contributed by atoms with Gasteiger partial charge in [0.1, 0.15) is 5.82 Å². The number of carboxylic acids is 1. The van der Waals surface area contributed by atoms with Crippen LogP contribution < -0.4 is 4.90 Å². The first-order chi connectivity index (χ1) is 8.97. The number of aromatic nitrogens is 2. The van der Waals surface area contributed by atoms with Crippen LogP contribution in [0.15, 0.2) is 17.5 Å². The second-order valence-corrected chi connectivity index (χ2v) is 5.49. The van der Waals surface area contributed by atoms with Crippen LogP contribution in [0.3, 0.4) is 0 Å². The lowest BCUT2D eigenvalue weighted by atomic mass is 10.3. The molecule has 100 valence electrons. The van der Waals surface area contributed by atoms with E-state index in [-0.39, 0.29) is 10.7 Å². The Bertz CT molecular complexity index is 615. The van der Waals surface area contributed by atoms with Gasteiger partial charge in [-0.05, 0) is 19.1 Å². The highest BCUT2D eigenvalue weighted by atomic mass is 35.5. The number of hydrogen-bond donors (Lipinski definition) is 1. The molecule has 0 aliphatic heterocycles. The van der Waals surface area contributed by atoms with Crippen LogP contribution in [0.2, 0.25) is 5.02 Å². The normalized spacial score (nSPS) is 10.5. The van der Waals surface area contributed by atoms with Gasteiger partial charge in [-0.2, -0.15) is 0 Å². The molecule has 2 heterocycles. The fourth-order valence-electron chi connectivity index (χ4n) is 1.60. The Kier molecular flexibility index (Phi) is 4.01. The molecule has 2 rings (SSSR count). The zero-order valence-electron chi connectivity index (χ0n) is 10.4. The van der Waals surface area contributed by atoms with Crippen molar-refractivity contribution in [1.29, 1.82) is 0 Å². The van der Waals surface area contributed by atoms with E-state index in [0.717, 1.165) is 10.7 Å². The van der Waals surface area contributed by atoms with Crippen LogP contribution in [0, 0.1) is 6.92 Å². The molecular formula is C12H12ClN3O2S. The third-order valence-corrected chi connectivity index (χ3v) is 3.62. The number of rotatable bonds is 4. The zero-order chi connectivity index (χ0) is 14.0. The summed E-state index contributed by atoms with van der Waals surface area (Å²) in [6, 6.07) is 3.23.